The monoisotopic (exact) mass is 450 g/mol. The fraction of sp³-hybridized carbons (Fsp3) is 0.280. The van der Waals surface area contributed by atoms with Crippen molar-refractivity contribution in [3.05, 3.63) is 71.7 Å². The van der Waals surface area contributed by atoms with Crippen LogP contribution in [0.15, 0.2) is 59.6 Å². The predicted molar refractivity (Wildman–Crippen MR) is 122 cm³/mol. The van der Waals surface area contributed by atoms with Crippen LogP contribution in [0.3, 0.4) is 0 Å². The van der Waals surface area contributed by atoms with Gasteiger partial charge in [0.1, 0.15) is 11.6 Å². The van der Waals surface area contributed by atoms with Gasteiger partial charge in [0.25, 0.3) is 5.91 Å². The minimum atomic E-state index is -1.42. The van der Waals surface area contributed by atoms with Crippen molar-refractivity contribution in [2.45, 2.75) is 37.2 Å². The van der Waals surface area contributed by atoms with Gasteiger partial charge in [-0.25, -0.2) is 4.39 Å². The van der Waals surface area contributed by atoms with Gasteiger partial charge in [-0.05, 0) is 66.4 Å². The first-order chi connectivity index (χ1) is 15.5. The molecule has 32 heavy (non-hydrogen) atoms. The fourth-order valence-electron chi connectivity index (χ4n) is 4.34. The third-order valence-corrected chi connectivity index (χ3v) is 7.48. The molecule has 0 unspecified atom stereocenters. The van der Waals surface area contributed by atoms with Gasteiger partial charge in [0.2, 0.25) is 0 Å². The summed E-state index contributed by atoms with van der Waals surface area (Å²) in [5, 5.41) is 0. The molecule has 2 aliphatic rings. The lowest BCUT2D eigenvalue weighted by atomic mass is 10.0. The molecule has 1 aromatic heterocycles. The number of halogens is 1. The maximum atomic E-state index is 14.5. The number of carbonyl (C=O) groups excluding carboxylic acids is 1. The Bertz CT molecular complexity index is 1220. The summed E-state index contributed by atoms with van der Waals surface area (Å²) < 4.78 is 32.9. The molecular formula is C25H23FN2O3S. The molecule has 0 bridgehead atoms. The van der Waals surface area contributed by atoms with E-state index in [2.05, 4.69) is 4.98 Å². The number of nitrogens with zero attached hydrogens (tertiary/aromatic N) is 2. The Hall–Kier alpha value is -3.06. The van der Waals surface area contributed by atoms with E-state index in [1.807, 2.05) is 43.3 Å². The number of hydrogen-bond acceptors (Lipinski definition) is 4. The van der Waals surface area contributed by atoms with Crippen LogP contribution in [-0.2, 0) is 28.4 Å². The maximum Gasteiger partial charge on any atom is 0.268 e. The van der Waals surface area contributed by atoms with E-state index in [-0.39, 0.29) is 10.8 Å². The number of anilines is 1. The molecule has 5 nitrogen and oxygen atoms in total. The fourth-order valence-corrected chi connectivity index (χ4v) is 5.45. The van der Waals surface area contributed by atoms with E-state index in [1.165, 1.54) is 6.07 Å². The van der Waals surface area contributed by atoms with Crippen molar-refractivity contribution >= 4 is 22.4 Å². The minimum Gasteiger partial charge on any atom is -0.480 e. The Balaban J connectivity index is 1.38. The van der Waals surface area contributed by atoms with Crippen LogP contribution in [-0.4, -0.2) is 33.5 Å². The second-order valence-electron chi connectivity index (χ2n) is 8.05. The summed E-state index contributed by atoms with van der Waals surface area (Å²) >= 11 is 0. The number of ether oxygens (including phenoxy) is 1. The van der Waals surface area contributed by atoms with E-state index >= 15 is 0 Å². The number of benzene rings is 2. The molecule has 7 heteroatoms. The van der Waals surface area contributed by atoms with Crippen LogP contribution < -0.4 is 9.64 Å². The third kappa shape index (κ3) is 3.71. The number of carbonyl (C=O) groups is 1. The quantitative estimate of drug-likeness (QED) is 0.582. The lowest BCUT2D eigenvalue weighted by Crippen LogP contribution is -2.40. The summed E-state index contributed by atoms with van der Waals surface area (Å²) in [6.07, 6.45) is 2.85. The van der Waals surface area contributed by atoms with Gasteiger partial charge >= 0.3 is 0 Å². The Morgan fingerprint density at radius 2 is 2.09 bits per heavy atom. The summed E-state index contributed by atoms with van der Waals surface area (Å²) in [5.74, 6) is 0.476. The van der Waals surface area contributed by atoms with Crippen molar-refractivity contribution in [3.8, 4) is 17.0 Å². The molecule has 3 aromatic rings. The number of amides is 1. The van der Waals surface area contributed by atoms with Gasteiger partial charge in [-0.2, -0.15) is 0 Å². The first kappa shape index (κ1) is 20.8. The van der Waals surface area contributed by atoms with Crippen LogP contribution in [0.2, 0.25) is 0 Å². The molecule has 1 amide bonds. The molecule has 3 heterocycles. The molecule has 2 atom stereocenters. The number of pyridine rings is 1. The predicted octanol–water partition coefficient (Wildman–Crippen LogP) is 4.30. The molecule has 0 saturated heterocycles. The van der Waals surface area contributed by atoms with Crippen LogP contribution in [0.4, 0.5) is 10.1 Å². The number of hydrogen-bond donors (Lipinski definition) is 0. The van der Waals surface area contributed by atoms with Crippen LogP contribution in [0.25, 0.3) is 11.3 Å². The minimum absolute atomic E-state index is 0.154. The normalized spacial score (nSPS) is 17.6. The van der Waals surface area contributed by atoms with Gasteiger partial charge in [-0.3, -0.25) is 14.0 Å². The van der Waals surface area contributed by atoms with Gasteiger partial charge in [-0.15, -0.1) is 0 Å². The SMILES string of the molecule is CCC[S@@](=O)c1cc2c(cc1F)CCN2C(=O)[C@H]1Cc2cc(-c3ccccn3)ccc2O1. The Labute approximate surface area is 188 Å². The standard InChI is InChI=1S/C25H23FN2O3S/c1-2-11-32(30)24-15-21-17(13-19(24)26)8-10-28(21)25(29)23-14-18-12-16(6-7-22(18)31-23)20-5-3-4-9-27-20/h3-7,9,12-13,15,23H,2,8,10-11,14H2,1H3/t23-,32-/m1/s1. The Morgan fingerprint density at radius 1 is 1.22 bits per heavy atom. The van der Waals surface area contributed by atoms with Crippen molar-refractivity contribution in [1.29, 1.82) is 0 Å². The van der Waals surface area contributed by atoms with Crippen molar-refractivity contribution in [2.24, 2.45) is 0 Å². The van der Waals surface area contributed by atoms with E-state index in [1.54, 1.807) is 17.2 Å². The summed E-state index contributed by atoms with van der Waals surface area (Å²) in [7, 11) is -1.42. The smallest absolute Gasteiger partial charge is 0.268 e. The van der Waals surface area contributed by atoms with Crippen LogP contribution >= 0.6 is 0 Å². The molecule has 0 aliphatic carbocycles. The number of aromatic nitrogens is 1. The molecule has 0 radical (unpaired) electrons. The average molecular weight is 451 g/mol. The highest BCUT2D eigenvalue weighted by Crippen LogP contribution is 2.36. The highest BCUT2D eigenvalue weighted by atomic mass is 32.2. The van der Waals surface area contributed by atoms with Gasteiger partial charge in [0.15, 0.2) is 6.10 Å². The molecular weight excluding hydrogens is 427 g/mol. The zero-order chi connectivity index (χ0) is 22.2. The summed E-state index contributed by atoms with van der Waals surface area (Å²) in [5.41, 5.74) is 4.22. The first-order valence-corrected chi connectivity index (χ1v) is 12.1. The van der Waals surface area contributed by atoms with E-state index in [4.69, 9.17) is 4.74 Å². The largest absolute Gasteiger partial charge is 0.480 e. The number of rotatable bonds is 5. The maximum absolute atomic E-state index is 14.5. The zero-order valence-electron chi connectivity index (χ0n) is 17.7. The van der Waals surface area contributed by atoms with E-state index in [9.17, 15) is 13.4 Å². The lowest BCUT2D eigenvalue weighted by Gasteiger charge is -2.21. The van der Waals surface area contributed by atoms with Crippen LogP contribution in [0.5, 0.6) is 5.75 Å². The average Bonchev–Trinajstić information content (AvgIpc) is 3.42. The highest BCUT2D eigenvalue weighted by Gasteiger charge is 2.36. The topological polar surface area (TPSA) is 59.5 Å². The van der Waals surface area contributed by atoms with Crippen molar-refractivity contribution < 1.29 is 18.1 Å². The molecule has 0 fully saturated rings. The molecule has 0 N–H and O–H groups in total. The first-order valence-electron chi connectivity index (χ1n) is 10.8. The molecule has 164 valence electrons. The lowest BCUT2D eigenvalue weighted by molar-refractivity contribution is -0.124. The molecule has 5 rings (SSSR count). The summed E-state index contributed by atoms with van der Waals surface area (Å²) in [4.78, 5) is 19.6. The van der Waals surface area contributed by atoms with Gasteiger partial charge in [0.05, 0.1) is 21.4 Å². The van der Waals surface area contributed by atoms with Gasteiger partial charge in [-0.1, -0.05) is 13.0 Å². The summed E-state index contributed by atoms with van der Waals surface area (Å²) in [6, 6.07) is 14.6. The molecule has 0 saturated carbocycles. The third-order valence-electron chi connectivity index (χ3n) is 5.90. The second-order valence-corrected chi connectivity index (χ2v) is 9.59. The van der Waals surface area contributed by atoms with Crippen molar-refractivity contribution in [1.82, 2.24) is 4.98 Å². The molecule has 2 aliphatic heterocycles. The zero-order valence-corrected chi connectivity index (χ0v) is 18.5. The van der Waals surface area contributed by atoms with Gasteiger partial charge < -0.3 is 9.64 Å². The van der Waals surface area contributed by atoms with E-state index < -0.39 is 22.7 Å². The Morgan fingerprint density at radius 3 is 2.88 bits per heavy atom. The van der Waals surface area contributed by atoms with Crippen LogP contribution in [0, 0.1) is 5.82 Å². The van der Waals surface area contributed by atoms with Crippen molar-refractivity contribution in [2.75, 3.05) is 17.2 Å². The molecule has 2 aromatic carbocycles. The van der Waals surface area contributed by atoms with Gasteiger partial charge in [0, 0.05) is 36.2 Å². The highest BCUT2D eigenvalue weighted by molar-refractivity contribution is 7.85. The molecule has 0 spiro atoms. The second kappa shape index (κ2) is 8.47. The van der Waals surface area contributed by atoms with E-state index in [0.717, 1.165) is 22.4 Å². The summed E-state index contributed by atoms with van der Waals surface area (Å²) in [6.45, 7) is 2.38. The van der Waals surface area contributed by atoms with E-state index in [0.29, 0.717) is 43.0 Å². The van der Waals surface area contributed by atoms with Crippen molar-refractivity contribution in [3.63, 3.8) is 0 Å². The van der Waals surface area contributed by atoms with Crippen LogP contribution in [0.1, 0.15) is 24.5 Å². The Kier molecular flexibility index (Phi) is 5.51. The number of fused-ring (bicyclic) bond motifs is 2.